The van der Waals surface area contributed by atoms with Crippen molar-refractivity contribution < 1.29 is 14.9 Å². The summed E-state index contributed by atoms with van der Waals surface area (Å²) in [5.41, 5.74) is 4.83. The topological polar surface area (TPSA) is 49.7 Å². The van der Waals surface area contributed by atoms with Gasteiger partial charge in [-0.15, -0.1) is 0 Å². The number of aryl methyl sites for hydroxylation is 1. The fraction of sp³-hybridized carbons (Fsp3) is 0.182. The Bertz CT molecular complexity index is 882. The van der Waals surface area contributed by atoms with Gasteiger partial charge in [0.2, 0.25) is 0 Å². The second kappa shape index (κ2) is 6.89. The number of hydrogen-bond donors (Lipinski definition) is 2. The third kappa shape index (κ3) is 3.45. The summed E-state index contributed by atoms with van der Waals surface area (Å²) in [7, 11) is 1.65. The molecule has 3 nitrogen and oxygen atoms in total. The molecule has 128 valence electrons. The molecule has 0 aromatic heterocycles. The normalized spacial score (nSPS) is 12.0. The first-order chi connectivity index (χ1) is 12.0. The van der Waals surface area contributed by atoms with E-state index in [1.165, 1.54) is 0 Å². The van der Waals surface area contributed by atoms with Crippen LogP contribution in [0.3, 0.4) is 0 Å². The maximum absolute atomic E-state index is 10.3. The van der Waals surface area contributed by atoms with E-state index in [9.17, 15) is 10.2 Å². The van der Waals surface area contributed by atoms with E-state index < -0.39 is 0 Å². The molecule has 0 aliphatic carbocycles. The lowest BCUT2D eigenvalue weighted by Gasteiger charge is -2.16. The van der Waals surface area contributed by atoms with Crippen molar-refractivity contribution in [1.29, 1.82) is 0 Å². The van der Waals surface area contributed by atoms with Gasteiger partial charge in [-0.05, 0) is 65.6 Å². The van der Waals surface area contributed by atoms with Crippen LogP contribution >= 0.6 is 0 Å². The van der Waals surface area contributed by atoms with Gasteiger partial charge in [0, 0.05) is 11.5 Å². The van der Waals surface area contributed by atoms with Gasteiger partial charge in [-0.1, -0.05) is 31.2 Å². The van der Waals surface area contributed by atoms with E-state index in [0.717, 1.165) is 33.6 Å². The first-order valence-electron chi connectivity index (χ1n) is 8.26. The number of rotatable bonds is 4. The highest BCUT2D eigenvalue weighted by atomic mass is 16.5. The number of benzene rings is 3. The molecule has 1 atom stereocenters. The van der Waals surface area contributed by atoms with Crippen LogP contribution < -0.4 is 4.74 Å². The molecule has 0 amide bonds. The van der Waals surface area contributed by atoms with Gasteiger partial charge < -0.3 is 14.9 Å². The number of ether oxygens (including phenoxy) is 1. The second-order valence-electron chi connectivity index (χ2n) is 6.27. The zero-order valence-electron chi connectivity index (χ0n) is 14.7. The molecule has 3 aromatic rings. The van der Waals surface area contributed by atoms with Crippen molar-refractivity contribution in [3.8, 4) is 28.4 Å². The Morgan fingerprint density at radius 1 is 0.800 bits per heavy atom. The molecular weight excluding hydrogens is 312 g/mol. The quantitative estimate of drug-likeness (QED) is 0.686. The van der Waals surface area contributed by atoms with Crippen molar-refractivity contribution in [2.75, 3.05) is 7.11 Å². The molecule has 0 aliphatic heterocycles. The maximum Gasteiger partial charge on any atom is 0.119 e. The van der Waals surface area contributed by atoms with Crippen LogP contribution in [0.4, 0.5) is 0 Å². The van der Waals surface area contributed by atoms with E-state index in [4.69, 9.17) is 4.74 Å². The number of methoxy groups -OCH3 is 1. The fourth-order valence-corrected chi connectivity index (χ4v) is 2.99. The molecule has 0 heterocycles. The highest BCUT2D eigenvalue weighted by Gasteiger charge is 2.14. The number of hydrogen-bond acceptors (Lipinski definition) is 3. The Morgan fingerprint density at radius 3 is 2.00 bits per heavy atom. The summed E-state index contributed by atoms with van der Waals surface area (Å²) >= 11 is 0. The molecular formula is C22H22O3. The van der Waals surface area contributed by atoms with Crippen molar-refractivity contribution in [1.82, 2.24) is 0 Å². The molecule has 3 rings (SSSR count). The molecule has 2 N–H and O–H groups in total. The van der Waals surface area contributed by atoms with Gasteiger partial charge in [0.15, 0.2) is 0 Å². The summed E-state index contributed by atoms with van der Waals surface area (Å²) in [5, 5.41) is 20.1. The average molecular weight is 334 g/mol. The smallest absolute Gasteiger partial charge is 0.119 e. The van der Waals surface area contributed by atoms with Crippen molar-refractivity contribution in [2.45, 2.75) is 19.8 Å². The summed E-state index contributed by atoms with van der Waals surface area (Å²) in [4.78, 5) is 0. The first kappa shape index (κ1) is 16.9. The van der Waals surface area contributed by atoms with Crippen LogP contribution in [0, 0.1) is 6.92 Å². The summed E-state index contributed by atoms with van der Waals surface area (Å²) < 4.78 is 5.21. The minimum absolute atomic E-state index is 0.0454. The standard InChI is InChI=1S/C22H22O3/c1-14-12-17(6-10-21(14)23)18-7-11-22(24)20(13-18)15(2)16-4-8-19(25-3)9-5-16/h4-13,15,23-24H,1-3H3. The van der Waals surface area contributed by atoms with E-state index in [1.54, 1.807) is 19.2 Å². The number of phenols is 2. The summed E-state index contributed by atoms with van der Waals surface area (Å²) in [6.07, 6.45) is 0. The summed E-state index contributed by atoms with van der Waals surface area (Å²) in [5.74, 6) is 1.43. The van der Waals surface area contributed by atoms with Gasteiger partial charge in [0.25, 0.3) is 0 Å². The molecule has 3 aromatic carbocycles. The Kier molecular flexibility index (Phi) is 4.66. The van der Waals surface area contributed by atoms with E-state index >= 15 is 0 Å². The molecule has 0 radical (unpaired) electrons. The maximum atomic E-state index is 10.3. The highest BCUT2D eigenvalue weighted by Crippen LogP contribution is 2.35. The van der Waals surface area contributed by atoms with Crippen LogP contribution in [0.15, 0.2) is 60.7 Å². The van der Waals surface area contributed by atoms with Gasteiger partial charge >= 0.3 is 0 Å². The SMILES string of the molecule is COc1ccc(C(C)c2cc(-c3ccc(O)c(C)c3)ccc2O)cc1. The molecule has 1 unspecified atom stereocenters. The van der Waals surface area contributed by atoms with Gasteiger partial charge in [-0.25, -0.2) is 0 Å². The van der Waals surface area contributed by atoms with Crippen LogP contribution in [-0.2, 0) is 0 Å². The average Bonchev–Trinajstić information content (AvgIpc) is 2.64. The lowest BCUT2D eigenvalue weighted by atomic mass is 9.90. The van der Waals surface area contributed by atoms with Crippen LogP contribution in [0.1, 0.15) is 29.5 Å². The number of aromatic hydroxyl groups is 2. The third-order valence-corrected chi connectivity index (χ3v) is 4.64. The molecule has 3 heteroatoms. The summed E-state index contributed by atoms with van der Waals surface area (Å²) in [6, 6.07) is 19.0. The van der Waals surface area contributed by atoms with Crippen molar-refractivity contribution in [2.24, 2.45) is 0 Å². The van der Waals surface area contributed by atoms with Crippen LogP contribution in [0.2, 0.25) is 0 Å². The molecule has 25 heavy (non-hydrogen) atoms. The third-order valence-electron chi connectivity index (χ3n) is 4.64. The van der Waals surface area contributed by atoms with Gasteiger partial charge in [0.05, 0.1) is 7.11 Å². The Balaban J connectivity index is 1.99. The zero-order chi connectivity index (χ0) is 18.0. The Hall–Kier alpha value is -2.94. The molecule has 0 fully saturated rings. The van der Waals surface area contributed by atoms with E-state index in [0.29, 0.717) is 0 Å². The molecule has 0 spiro atoms. The lowest BCUT2D eigenvalue weighted by molar-refractivity contribution is 0.414. The van der Waals surface area contributed by atoms with Crippen molar-refractivity contribution >= 4 is 0 Å². The Labute approximate surface area is 148 Å². The first-order valence-corrected chi connectivity index (χ1v) is 8.26. The minimum Gasteiger partial charge on any atom is -0.508 e. The number of phenolic OH excluding ortho intramolecular Hbond substituents is 2. The van der Waals surface area contributed by atoms with E-state index in [-0.39, 0.29) is 17.4 Å². The van der Waals surface area contributed by atoms with E-state index in [1.807, 2.05) is 55.5 Å². The van der Waals surface area contributed by atoms with Crippen LogP contribution in [0.25, 0.3) is 11.1 Å². The molecule has 0 saturated heterocycles. The largest absolute Gasteiger partial charge is 0.508 e. The minimum atomic E-state index is 0.0454. The highest BCUT2D eigenvalue weighted by molar-refractivity contribution is 5.68. The summed E-state index contributed by atoms with van der Waals surface area (Å²) in [6.45, 7) is 3.95. The van der Waals surface area contributed by atoms with Gasteiger partial charge in [-0.2, -0.15) is 0 Å². The predicted octanol–water partition coefficient (Wildman–Crippen LogP) is 5.23. The van der Waals surface area contributed by atoms with Crippen LogP contribution in [0.5, 0.6) is 17.2 Å². The predicted molar refractivity (Wildman–Crippen MR) is 100 cm³/mol. The molecule has 0 saturated carbocycles. The van der Waals surface area contributed by atoms with Crippen molar-refractivity contribution in [3.63, 3.8) is 0 Å². The fourth-order valence-electron chi connectivity index (χ4n) is 2.99. The Morgan fingerprint density at radius 2 is 1.40 bits per heavy atom. The molecule has 0 aliphatic rings. The monoisotopic (exact) mass is 334 g/mol. The van der Waals surface area contributed by atoms with Gasteiger partial charge in [-0.3, -0.25) is 0 Å². The van der Waals surface area contributed by atoms with Crippen molar-refractivity contribution in [3.05, 3.63) is 77.4 Å². The van der Waals surface area contributed by atoms with Crippen LogP contribution in [-0.4, -0.2) is 17.3 Å². The lowest BCUT2D eigenvalue weighted by Crippen LogP contribution is -1.97. The van der Waals surface area contributed by atoms with E-state index in [2.05, 4.69) is 6.92 Å². The molecule has 0 bridgehead atoms. The van der Waals surface area contributed by atoms with Gasteiger partial charge in [0.1, 0.15) is 17.2 Å². The zero-order valence-corrected chi connectivity index (χ0v) is 14.7. The second-order valence-corrected chi connectivity index (χ2v) is 6.27.